The highest BCUT2D eigenvalue weighted by Crippen LogP contribution is 2.24. The Hall–Kier alpha value is -2.32. The lowest BCUT2D eigenvalue weighted by Gasteiger charge is -2.17. The first-order chi connectivity index (χ1) is 9.64. The summed E-state index contributed by atoms with van der Waals surface area (Å²) in [6.45, 7) is 1.21. The van der Waals surface area contributed by atoms with E-state index in [4.69, 9.17) is 0 Å². The maximum atomic E-state index is 12.2. The molecule has 1 rings (SSSR count). The summed E-state index contributed by atoms with van der Waals surface area (Å²) in [5, 5.41) is 15.5. The molecular formula is C12H14F3N3O3. The third kappa shape index (κ3) is 4.93. The van der Waals surface area contributed by atoms with Gasteiger partial charge >= 0.3 is 6.18 Å². The van der Waals surface area contributed by atoms with Crippen LogP contribution in [0.15, 0.2) is 18.2 Å². The van der Waals surface area contributed by atoms with Crippen LogP contribution in [0.5, 0.6) is 0 Å². The first-order valence-corrected chi connectivity index (χ1v) is 5.98. The number of amides is 1. The molecule has 0 aliphatic rings. The average molecular weight is 305 g/mol. The molecule has 0 radical (unpaired) electrons. The monoisotopic (exact) mass is 305 g/mol. The molecule has 6 nitrogen and oxygen atoms in total. The topological polar surface area (TPSA) is 84.3 Å². The largest absolute Gasteiger partial charge is 0.391 e. The van der Waals surface area contributed by atoms with E-state index in [-0.39, 0.29) is 16.9 Å². The smallest absolute Gasteiger partial charge is 0.387 e. The van der Waals surface area contributed by atoms with Crippen molar-refractivity contribution >= 4 is 17.3 Å². The second-order valence-electron chi connectivity index (χ2n) is 4.43. The predicted octanol–water partition coefficient (Wildman–Crippen LogP) is 2.71. The minimum Gasteiger partial charge on any atom is -0.387 e. The Bertz CT molecular complexity index is 546. The van der Waals surface area contributed by atoms with Crippen molar-refractivity contribution in [1.82, 2.24) is 5.32 Å². The molecule has 0 heterocycles. The molecule has 1 aromatic rings. The molecule has 0 aliphatic heterocycles. The van der Waals surface area contributed by atoms with E-state index in [0.717, 1.165) is 6.07 Å². The minimum atomic E-state index is -4.40. The summed E-state index contributed by atoms with van der Waals surface area (Å²) < 4.78 is 36.7. The standard InChI is InChI=1S/C12H14F3N3O3/c1-7(6-12(13,14)15)17-11(19)9-5-8(18(20)21)3-4-10(9)16-2/h3-5,7,16H,6H2,1-2H3,(H,17,19). The lowest BCUT2D eigenvalue weighted by molar-refractivity contribution is -0.384. The van der Waals surface area contributed by atoms with E-state index in [1.165, 1.54) is 26.1 Å². The molecule has 1 aromatic carbocycles. The lowest BCUT2D eigenvalue weighted by Crippen LogP contribution is -2.36. The zero-order valence-corrected chi connectivity index (χ0v) is 11.3. The Labute approximate surface area is 118 Å². The van der Waals surface area contributed by atoms with Crippen molar-refractivity contribution in [2.24, 2.45) is 0 Å². The van der Waals surface area contributed by atoms with Gasteiger partial charge in [0.05, 0.1) is 16.9 Å². The molecule has 21 heavy (non-hydrogen) atoms. The van der Waals surface area contributed by atoms with Crippen molar-refractivity contribution in [3.8, 4) is 0 Å². The lowest BCUT2D eigenvalue weighted by atomic mass is 10.1. The maximum Gasteiger partial charge on any atom is 0.391 e. The van der Waals surface area contributed by atoms with Crippen LogP contribution in [0.25, 0.3) is 0 Å². The van der Waals surface area contributed by atoms with Crippen molar-refractivity contribution in [3.63, 3.8) is 0 Å². The van der Waals surface area contributed by atoms with E-state index >= 15 is 0 Å². The van der Waals surface area contributed by atoms with Gasteiger partial charge in [-0.1, -0.05) is 0 Å². The van der Waals surface area contributed by atoms with Crippen LogP contribution in [0.1, 0.15) is 23.7 Å². The SMILES string of the molecule is CNc1ccc([N+](=O)[O-])cc1C(=O)NC(C)CC(F)(F)F. The predicted molar refractivity (Wildman–Crippen MR) is 70.2 cm³/mol. The van der Waals surface area contributed by atoms with Gasteiger partial charge in [-0.25, -0.2) is 0 Å². The number of nitro groups is 1. The summed E-state index contributed by atoms with van der Waals surface area (Å²) in [7, 11) is 1.50. The quantitative estimate of drug-likeness (QED) is 0.647. The van der Waals surface area contributed by atoms with Crippen LogP contribution in [-0.2, 0) is 0 Å². The summed E-state index contributed by atoms with van der Waals surface area (Å²) in [5.41, 5.74) is -0.111. The zero-order chi connectivity index (χ0) is 16.2. The highest BCUT2D eigenvalue weighted by molar-refractivity contribution is 6.00. The van der Waals surface area contributed by atoms with Gasteiger partial charge in [0, 0.05) is 30.9 Å². The number of nitro benzene ring substituents is 1. The van der Waals surface area contributed by atoms with Gasteiger partial charge in [-0.2, -0.15) is 13.2 Å². The average Bonchev–Trinajstić information content (AvgIpc) is 2.35. The van der Waals surface area contributed by atoms with Gasteiger partial charge in [-0.05, 0) is 13.0 Å². The Morgan fingerprint density at radius 3 is 2.52 bits per heavy atom. The third-order valence-corrected chi connectivity index (χ3v) is 2.64. The summed E-state index contributed by atoms with van der Waals surface area (Å²) in [6, 6.07) is 2.39. The number of nitrogens with one attached hydrogen (secondary N) is 2. The van der Waals surface area contributed by atoms with Gasteiger partial charge in [-0.3, -0.25) is 14.9 Å². The van der Waals surface area contributed by atoms with E-state index in [0.29, 0.717) is 0 Å². The molecule has 0 bridgehead atoms. The fraction of sp³-hybridized carbons (Fsp3) is 0.417. The number of rotatable bonds is 5. The highest BCUT2D eigenvalue weighted by atomic mass is 19.4. The van der Waals surface area contributed by atoms with Crippen molar-refractivity contribution in [2.75, 3.05) is 12.4 Å². The third-order valence-electron chi connectivity index (χ3n) is 2.64. The van der Waals surface area contributed by atoms with Gasteiger partial charge in [-0.15, -0.1) is 0 Å². The number of non-ortho nitro benzene ring substituents is 1. The molecule has 2 N–H and O–H groups in total. The van der Waals surface area contributed by atoms with Crippen LogP contribution >= 0.6 is 0 Å². The van der Waals surface area contributed by atoms with Gasteiger partial charge in [0.2, 0.25) is 0 Å². The van der Waals surface area contributed by atoms with Crippen molar-refractivity contribution in [2.45, 2.75) is 25.6 Å². The molecule has 0 saturated carbocycles. The molecule has 0 spiro atoms. The number of nitrogens with zero attached hydrogens (tertiary/aromatic N) is 1. The number of hydrogen-bond donors (Lipinski definition) is 2. The molecule has 0 fully saturated rings. The number of halogens is 3. The minimum absolute atomic E-state index is 0.0827. The fourth-order valence-electron chi connectivity index (χ4n) is 1.75. The van der Waals surface area contributed by atoms with Crippen molar-refractivity contribution in [3.05, 3.63) is 33.9 Å². The fourth-order valence-corrected chi connectivity index (χ4v) is 1.75. The van der Waals surface area contributed by atoms with Gasteiger partial charge < -0.3 is 10.6 Å². The Balaban J connectivity index is 2.95. The van der Waals surface area contributed by atoms with Crippen LogP contribution in [0.4, 0.5) is 24.5 Å². The molecule has 0 saturated heterocycles. The zero-order valence-electron chi connectivity index (χ0n) is 11.3. The highest BCUT2D eigenvalue weighted by Gasteiger charge is 2.31. The number of carbonyl (C=O) groups excluding carboxylic acids is 1. The van der Waals surface area contributed by atoms with Gasteiger partial charge in [0.25, 0.3) is 11.6 Å². The molecular weight excluding hydrogens is 291 g/mol. The molecule has 9 heteroatoms. The normalized spacial score (nSPS) is 12.6. The van der Waals surface area contributed by atoms with Crippen molar-refractivity contribution < 1.29 is 22.9 Å². The van der Waals surface area contributed by atoms with E-state index in [1.807, 2.05) is 0 Å². The second kappa shape index (κ2) is 6.42. The molecule has 0 aliphatic carbocycles. The number of anilines is 1. The van der Waals surface area contributed by atoms with Gasteiger partial charge in [0.1, 0.15) is 0 Å². The molecule has 1 amide bonds. The van der Waals surface area contributed by atoms with Crippen LogP contribution < -0.4 is 10.6 Å². The van der Waals surface area contributed by atoms with Crippen LogP contribution in [0, 0.1) is 10.1 Å². The molecule has 1 unspecified atom stereocenters. The molecule has 116 valence electrons. The van der Waals surface area contributed by atoms with Crippen LogP contribution in [-0.4, -0.2) is 30.1 Å². The van der Waals surface area contributed by atoms with E-state index in [2.05, 4.69) is 10.6 Å². The molecule has 0 aromatic heterocycles. The number of benzene rings is 1. The van der Waals surface area contributed by atoms with E-state index < -0.39 is 29.5 Å². The van der Waals surface area contributed by atoms with Crippen LogP contribution in [0.3, 0.4) is 0 Å². The summed E-state index contributed by atoms with van der Waals surface area (Å²) >= 11 is 0. The Morgan fingerprint density at radius 1 is 1.43 bits per heavy atom. The van der Waals surface area contributed by atoms with Crippen LogP contribution in [0.2, 0.25) is 0 Å². The first kappa shape index (κ1) is 16.7. The number of hydrogen-bond acceptors (Lipinski definition) is 4. The molecule has 1 atom stereocenters. The van der Waals surface area contributed by atoms with E-state index in [9.17, 15) is 28.1 Å². The second-order valence-corrected chi connectivity index (χ2v) is 4.43. The Kier molecular flexibility index (Phi) is 5.12. The van der Waals surface area contributed by atoms with E-state index in [1.54, 1.807) is 0 Å². The number of carbonyl (C=O) groups is 1. The maximum absolute atomic E-state index is 12.2. The Morgan fingerprint density at radius 2 is 2.05 bits per heavy atom. The summed E-state index contributed by atoms with van der Waals surface area (Å²) in [5.74, 6) is -0.806. The van der Waals surface area contributed by atoms with Crippen molar-refractivity contribution in [1.29, 1.82) is 0 Å². The summed E-state index contributed by atoms with van der Waals surface area (Å²) in [4.78, 5) is 22.0. The first-order valence-electron chi connectivity index (χ1n) is 5.98. The van der Waals surface area contributed by atoms with Gasteiger partial charge in [0.15, 0.2) is 0 Å². The summed E-state index contributed by atoms with van der Waals surface area (Å²) in [6.07, 6.45) is -5.58. The number of alkyl halides is 3.